The predicted octanol–water partition coefficient (Wildman–Crippen LogP) is 6.01. The second-order valence-corrected chi connectivity index (χ2v) is 6.94. The van der Waals surface area contributed by atoms with E-state index in [0.29, 0.717) is 5.75 Å². The number of unbranched alkanes of at least 4 members (excludes halogenated alkanes) is 1. The van der Waals surface area contributed by atoms with Crippen LogP contribution < -0.4 is 0 Å². The monoisotopic (exact) mass is 310 g/mol. The van der Waals surface area contributed by atoms with Crippen molar-refractivity contribution in [2.45, 2.75) is 65.2 Å². The first-order valence-corrected chi connectivity index (χ1v) is 8.92. The van der Waals surface area contributed by atoms with Crippen LogP contribution >= 0.6 is 0 Å². The molecule has 0 saturated heterocycles. The molecule has 0 aliphatic carbocycles. The number of hydrogen-bond acceptors (Lipinski definition) is 1. The molecule has 2 aromatic rings. The van der Waals surface area contributed by atoms with Gasteiger partial charge in [-0.2, -0.15) is 0 Å². The lowest BCUT2D eigenvalue weighted by Crippen LogP contribution is -2.22. The summed E-state index contributed by atoms with van der Waals surface area (Å²) in [6.07, 6.45) is 5.60. The van der Waals surface area contributed by atoms with Gasteiger partial charge in [0, 0.05) is 11.0 Å². The Hall–Kier alpha value is -1.76. The molecule has 0 radical (unpaired) electrons. The first kappa shape index (κ1) is 17.6. The molecule has 0 aromatic heterocycles. The number of aryl methyl sites for hydroxylation is 1. The zero-order valence-corrected chi connectivity index (χ0v) is 15.0. The zero-order chi connectivity index (χ0) is 16.9. The Morgan fingerprint density at radius 3 is 2.17 bits per heavy atom. The highest BCUT2D eigenvalue weighted by molar-refractivity contribution is 5.53. The van der Waals surface area contributed by atoms with Crippen LogP contribution in [-0.4, -0.2) is 5.11 Å². The molecule has 0 unspecified atom stereocenters. The third-order valence-corrected chi connectivity index (χ3v) is 4.81. The molecule has 1 N–H and O–H groups in total. The minimum Gasteiger partial charge on any atom is -0.508 e. The first-order chi connectivity index (χ1) is 11.0. The van der Waals surface area contributed by atoms with Gasteiger partial charge in [0.25, 0.3) is 0 Å². The molecule has 2 aromatic carbocycles. The largest absolute Gasteiger partial charge is 0.508 e. The molecule has 1 nitrogen and oxygen atoms in total. The van der Waals surface area contributed by atoms with E-state index in [-0.39, 0.29) is 5.41 Å². The highest BCUT2D eigenvalue weighted by Gasteiger charge is 2.29. The van der Waals surface area contributed by atoms with Crippen molar-refractivity contribution in [2.24, 2.45) is 0 Å². The first-order valence-electron chi connectivity index (χ1n) is 8.92. The van der Waals surface area contributed by atoms with Gasteiger partial charge in [-0.05, 0) is 42.0 Å². The van der Waals surface area contributed by atoms with E-state index < -0.39 is 0 Å². The molecule has 0 aliphatic rings. The Morgan fingerprint density at radius 2 is 1.57 bits per heavy atom. The Kier molecular flexibility index (Phi) is 5.87. The fourth-order valence-electron chi connectivity index (χ4n) is 3.52. The van der Waals surface area contributed by atoms with Gasteiger partial charge in [0.05, 0.1) is 0 Å². The van der Waals surface area contributed by atoms with Gasteiger partial charge < -0.3 is 5.11 Å². The number of phenolic OH excluding ortho intramolecular Hbond substituents is 1. The Bertz CT molecular complexity index is 626. The minimum atomic E-state index is -0.196. The van der Waals surface area contributed by atoms with Crippen molar-refractivity contribution < 1.29 is 5.11 Å². The van der Waals surface area contributed by atoms with E-state index in [0.717, 1.165) is 31.2 Å². The second kappa shape index (κ2) is 7.68. The van der Waals surface area contributed by atoms with Gasteiger partial charge in [0.2, 0.25) is 0 Å². The molecule has 0 saturated carbocycles. The number of phenols is 1. The average molecular weight is 310 g/mol. The molecule has 124 valence electrons. The smallest absolute Gasteiger partial charge is 0.119 e. The maximum Gasteiger partial charge on any atom is 0.119 e. The van der Waals surface area contributed by atoms with Crippen LogP contribution in [0.3, 0.4) is 0 Å². The van der Waals surface area contributed by atoms with Gasteiger partial charge in [0.15, 0.2) is 0 Å². The van der Waals surface area contributed by atoms with Crippen molar-refractivity contribution in [1.29, 1.82) is 0 Å². The second-order valence-electron chi connectivity index (χ2n) is 6.94. The summed E-state index contributed by atoms with van der Waals surface area (Å²) in [5, 5.41) is 10.7. The van der Waals surface area contributed by atoms with Crippen molar-refractivity contribution in [3.8, 4) is 5.75 Å². The molecule has 0 fully saturated rings. The van der Waals surface area contributed by atoms with Crippen LogP contribution in [0.5, 0.6) is 5.75 Å². The summed E-state index contributed by atoms with van der Waals surface area (Å²) in [5.41, 5.74) is 4.93. The Balaban J connectivity index is 2.61. The molecule has 0 heterocycles. The Morgan fingerprint density at radius 1 is 0.870 bits per heavy atom. The standard InChI is InChI=1S/C22H30O/c1-5-7-14-19-17(11-6-2)15-16-20(23)21(19)22(3,4)18-12-9-8-10-13-18/h8-10,12-13,15-16,23H,5-7,11,14H2,1-4H3. The third kappa shape index (κ3) is 3.77. The van der Waals surface area contributed by atoms with Crippen LogP contribution in [0.2, 0.25) is 0 Å². The Labute approximate surface area is 141 Å². The fraction of sp³-hybridized carbons (Fsp3) is 0.455. The average Bonchev–Trinajstić information content (AvgIpc) is 2.55. The molecule has 0 bridgehead atoms. The van der Waals surface area contributed by atoms with Gasteiger partial charge in [-0.3, -0.25) is 0 Å². The van der Waals surface area contributed by atoms with E-state index in [9.17, 15) is 5.11 Å². The number of benzene rings is 2. The summed E-state index contributed by atoms with van der Waals surface area (Å²) < 4.78 is 0. The van der Waals surface area contributed by atoms with E-state index in [1.165, 1.54) is 23.1 Å². The number of rotatable bonds is 7. The van der Waals surface area contributed by atoms with Crippen LogP contribution in [0.1, 0.15) is 69.2 Å². The summed E-state index contributed by atoms with van der Waals surface area (Å²) in [4.78, 5) is 0. The predicted molar refractivity (Wildman–Crippen MR) is 99.3 cm³/mol. The SMILES string of the molecule is CCCCc1c(CCC)ccc(O)c1C(C)(C)c1ccccc1. The van der Waals surface area contributed by atoms with Crippen molar-refractivity contribution in [2.75, 3.05) is 0 Å². The summed E-state index contributed by atoms with van der Waals surface area (Å²) in [5.74, 6) is 0.435. The van der Waals surface area contributed by atoms with Gasteiger partial charge in [-0.15, -0.1) is 0 Å². The highest BCUT2D eigenvalue weighted by Crippen LogP contribution is 2.41. The molecule has 0 aliphatic heterocycles. The third-order valence-electron chi connectivity index (χ3n) is 4.81. The molecule has 23 heavy (non-hydrogen) atoms. The van der Waals surface area contributed by atoms with Crippen LogP contribution in [0.25, 0.3) is 0 Å². The van der Waals surface area contributed by atoms with Gasteiger partial charge in [-0.25, -0.2) is 0 Å². The van der Waals surface area contributed by atoms with E-state index >= 15 is 0 Å². The summed E-state index contributed by atoms with van der Waals surface area (Å²) >= 11 is 0. The lowest BCUT2D eigenvalue weighted by molar-refractivity contribution is 0.450. The maximum absolute atomic E-state index is 10.7. The van der Waals surface area contributed by atoms with E-state index in [1.54, 1.807) is 0 Å². The van der Waals surface area contributed by atoms with Gasteiger partial charge in [0.1, 0.15) is 5.75 Å². The van der Waals surface area contributed by atoms with Crippen molar-refractivity contribution in [3.63, 3.8) is 0 Å². The van der Waals surface area contributed by atoms with Crippen LogP contribution in [0.4, 0.5) is 0 Å². The van der Waals surface area contributed by atoms with E-state index in [2.05, 4.69) is 58.0 Å². The normalized spacial score (nSPS) is 11.7. The summed E-state index contributed by atoms with van der Waals surface area (Å²) in [6.45, 7) is 8.90. The van der Waals surface area contributed by atoms with Gasteiger partial charge in [-0.1, -0.05) is 76.9 Å². The number of hydrogen-bond donors (Lipinski definition) is 1. The van der Waals surface area contributed by atoms with E-state index in [4.69, 9.17) is 0 Å². The minimum absolute atomic E-state index is 0.196. The van der Waals surface area contributed by atoms with Crippen molar-refractivity contribution in [3.05, 3.63) is 64.7 Å². The topological polar surface area (TPSA) is 20.2 Å². The quantitative estimate of drug-likeness (QED) is 0.663. The molecular weight excluding hydrogens is 280 g/mol. The number of aromatic hydroxyl groups is 1. The fourth-order valence-corrected chi connectivity index (χ4v) is 3.52. The van der Waals surface area contributed by atoms with Gasteiger partial charge >= 0.3 is 0 Å². The molecule has 0 amide bonds. The molecule has 1 heteroatoms. The summed E-state index contributed by atoms with van der Waals surface area (Å²) in [6, 6.07) is 14.5. The zero-order valence-electron chi connectivity index (χ0n) is 15.0. The molecular formula is C22H30O. The molecule has 2 rings (SSSR count). The molecule has 0 spiro atoms. The van der Waals surface area contributed by atoms with Crippen LogP contribution in [0.15, 0.2) is 42.5 Å². The van der Waals surface area contributed by atoms with Crippen molar-refractivity contribution in [1.82, 2.24) is 0 Å². The highest BCUT2D eigenvalue weighted by atomic mass is 16.3. The van der Waals surface area contributed by atoms with Crippen molar-refractivity contribution >= 4 is 0 Å². The summed E-state index contributed by atoms with van der Waals surface area (Å²) in [7, 11) is 0. The van der Waals surface area contributed by atoms with E-state index in [1.807, 2.05) is 12.1 Å². The molecule has 0 atom stereocenters. The van der Waals surface area contributed by atoms with Crippen LogP contribution in [-0.2, 0) is 18.3 Å². The van der Waals surface area contributed by atoms with Crippen LogP contribution in [0, 0.1) is 0 Å². The lowest BCUT2D eigenvalue weighted by Gasteiger charge is -2.31. The lowest BCUT2D eigenvalue weighted by atomic mass is 9.73. The maximum atomic E-state index is 10.7.